The predicted molar refractivity (Wildman–Crippen MR) is 93.3 cm³/mol. The molecule has 1 heterocycles. The van der Waals surface area contributed by atoms with Crippen LogP contribution in [-0.4, -0.2) is 41.1 Å². The molecule has 1 fully saturated rings. The molecule has 2 rings (SSSR count). The average molecular weight is 359 g/mol. The van der Waals surface area contributed by atoms with Crippen LogP contribution in [0.15, 0.2) is 35.4 Å². The maximum atomic E-state index is 12.5. The van der Waals surface area contributed by atoms with E-state index in [2.05, 4.69) is 5.32 Å². The van der Waals surface area contributed by atoms with E-state index in [1.807, 2.05) is 6.07 Å². The van der Waals surface area contributed by atoms with Crippen molar-refractivity contribution >= 4 is 35.2 Å². The van der Waals surface area contributed by atoms with E-state index in [4.69, 9.17) is 10.00 Å². The summed E-state index contributed by atoms with van der Waals surface area (Å²) in [5.41, 5.74) is 0.882. The third-order valence-electron chi connectivity index (χ3n) is 3.40. The highest BCUT2D eigenvalue weighted by Gasteiger charge is 2.34. The van der Waals surface area contributed by atoms with Crippen molar-refractivity contribution in [3.63, 3.8) is 0 Å². The Labute approximate surface area is 149 Å². The van der Waals surface area contributed by atoms with E-state index < -0.39 is 17.9 Å². The van der Waals surface area contributed by atoms with E-state index in [0.29, 0.717) is 16.3 Å². The smallest absolute Gasteiger partial charge is 0.333 e. The fraction of sp³-hybridized carbons (Fsp3) is 0.294. The van der Waals surface area contributed by atoms with Gasteiger partial charge in [-0.05, 0) is 32.0 Å². The van der Waals surface area contributed by atoms with Crippen LogP contribution < -0.4 is 5.32 Å². The summed E-state index contributed by atoms with van der Waals surface area (Å²) in [6.45, 7) is 3.49. The molecule has 0 unspecified atom stereocenters. The van der Waals surface area contributed by atoms with Crippen molar-refractivity contribution < 1.29 is 19.1 Å². The molecule has 1 aromatic carbocycles. The second-order valence-corrected chi connectivity index (χ2v) is 6.14. The number of ether oxygens (including phenoxy) is 1. The zero-order valence-corrected chi connectivity index (χ0v) is 14.6. The van der Waals surface area contributed by atoms with E-state index in [1.54, 1.807) is 38.1 Å². The Balaban J connectivity index is 2.14. The zero-order chi connectivity index (χ0) is 18.4. The van der Waals surface area contributed by atoms with E-state index in [-0.39, 0.29) is 18.3 Å². The molecule has 1 atom stereocenters. The summed E-state index contributed by atoms with van der Waals surface area (Å²) >= 11 is 1.18. The Kier molecular flexibility index (Phi) is 6.19. The van der Waals surface area contributed by atoms with E-state index >= 15 is 0 Å². The Bertz CT molecular complexity index is 769. The van der Waals surface area contributed by atoms with Crippen molar-refractivity contribution in [3.05, 3.63) is 40.9 Å². The van der Waals surface area contributed by atoms with Gasteiger partial charge >= 0.3 is 5.97 Å². The van der Waals surface area contributed by atoms with Crippen LogP contribution in [-0.2, 0) is 19.1 Å². The molecular formula is C17H17N3O4S. The number of amides is 2. The third kappa shape index (κ3) is 4.61. The number of benzene rings is 1. The highest BCUT2D eigenvalue weighted by molar-refractivity contribution is 8.04. The van der Waals surface area contributed by atoms with Gasteiger partial charge in [0.1, 0.15) is 6.04 Å². The van der Waals surface area contributed by atoms with Gasteiger partial charge in [0.2, 0.25) is 11.8 Å². The Hall–Kier alpha value is -2.79. The molecule has 2 amide bonds. The van der Waals surface area contributed by atoms with Crippen LogP contribution in [0, 0.1) is 11.3 Å². The van der Waals surface area contributed by atoms with E-state index in [9.17, 15) is 14.4 Å². The van der Waals surface area contributed by atoms with Crippen LogP contribution in [0.2, 0.25) is 0 Å². The molecule has 0 aliphatic carbocycles. The number of nitrogens with zero attached hydrogens (tertiary/aromatic N) is 2. The molecule has 7 nitrogen and oxygen atoms in total. The topological polar surface area (TPSA) is 99.5 Å². The number of esters is 1. The Morgan fingerprint density at radius 2 is 2.28 bits per heavy atom. The maximum absolute atomic E-state index is 12.5. The van der Waals surface area contributed by atoms with Gasteiger partial charge in [0.05, 0.1) is 35.1 Å². The molecule has 130 valence electrons. The van der Waals surface area contributed by atoms with Crippen LogP contribution in [0.1, 0.15) is 19.4 Å². The summed E-state index contributed by atoms with van der Waals surface area (Å²) in [6.07, 6.45) is 1.22. The minimum absolute atomic E-state index is 0.159. The molecule has 0 spiro atoms. The summed E-state index contributed by atoms with van der Waals surface area (Å²) in [7, 11) is 0. The molecule has 1 aromatic rings. The first-order chi connectivity index (χ1) is 12.0. The predicted octanol–water partition coefficient (Wildman–Crippen LogP) is 1.87. The van der Waals surface area contributed by atoms with Crippen LogP contribution in [0.5, 0.6) is 0 Å². The molecule has 1 aliphatic rings. The third-order valence-corrected chi connectivity index (χ3v) is 4.41. The van der Waals surface area contributed by atoms with Gasteiger partial charge in [-0.1, -0.05) is 17.8 Å². The van der Waals surface area contributed by atoms with Gasteiger partial charge in [-0.2, -0.15) is 5.26 Å². The number of carbonyl (C=O) groups is 3. The van der Waals surface area contributed by atoms with Crippen LogP contribution in [0.25, 0.3) is 0 Å². The molecule has 0 radical (unpaired) electrons. The zero-order valence-electron chi connectivity index (χ0n) is 13.8. The first kappa shape index (κ1) is 18.5. The van der Waals surface area contributed by atoms with Crippen LogP contribution in [0.3, 0.4) is 0 Å². The number of anilines is 1. The highest BCUT2D eigenvalue weighted by atomic mass is 32.2. The Morgan fingerprint density at radius 3 is 2.96 bits per heavy atom. The number of hydrogen-bond acceptors (Lipinski definition) is 6. The van der Waals surface area contributed by atoms with Crippen LogP contribution >= 0.6 is 11.8 Å². The SMILES string of the molecule is CCOC(=O)/C=C1\SCC(=O)N1[C@@H](C)C(=O)Nc1cccc(C#N)c1. The van der Waals surface area contributed by atoms with Gasteiger partial charge in [-0.3, -0.25) is 14.5 Å². The normalized spacial score (nSPS) is 16.4. The molecule has 1 saturated heterocycles. The summed E-state index contributed by atoms with van der Waals surface area (Å²) in [5, 5.41) is 12.0. The largest absolute Gasteiger partial charge is 0.463 e. The fourth-order valence-electron chi connectivity index (χ4n) is 2.23. The van der Waals surface area contributed by atoms with Crippen molar-refractivity contribution in [1.82, 2.24) is 4.90 Å². The van der Waals surface area contributed by atoms with E-state index in [1.165, 1.54) is 22.7 Å². The quantitative estimate of drug-likeness (QED) is 0.636. The summed E-state index contributed by atoms with van der Waals surface area (Å²) in [5.74, 6) is -1.07. The summed E-state index contributed by atoms with van der Waals surface area (Å²) in [6, 6.07) is 7.66. The molecule has 25 heavy (non-hydrogen) atoms. The molecule has 8 heteroatoms. The van der Waals surface area contributed by atoms with Crippen molar-refractivity contribution in [3.8, 4) is 6.07 Å². The molecule has 0 bridgehead atoms. The van der Waals surface area contributed by atoms with Crippen molar-refractivity contribution in [2.75, 3.05) is 17.7 Å². The molecular weight excluding hydrogens is 342 g/mol. The monoisotopic (exact) mass is 359 g/mol. The number of thioether (sulfide) groups is 1. The van der Waals surface area contributed by atoms with Crippen molar-refractivity contribution in [2.24, 2.45) is 0 Å². The lowest BCUT2D eigenvalue weighted by atomic mass is 10.2. The number of nitriles is 1. The van der Waals surface area contributed by atoms with E-state index in [0.717, 1.165) is 0 Å². The first-order valence-electron chi connectivity index (χ1n) is 7.60. The van der Waals surface area contributed by atoms with Crippen LogP contribution in [0.4, 0.5) is 5.69 Å². The van der Waals surface area contributed by atoms with Crippen molar-refractivity contribution in [1.29, 1.82) is 5.26 Å². The number of hydrogen-bond donors (Lipinski definition) is 1. The molecule has 1 N–H and O–H groups in total. The van der Waals surface area contributed by atoms with Crippen molar-refractivity contribution in [2.45, 2.75) is 19.9 Å². The summed E-state index contributed by atoms with van der Waals surface area (Å²) < 4.78 is 4.85. The van der Waals surface area contributed by atoms with Gasteiger partial charge < -0.3 is 10.1 Å². The number of carbonyl (C=O) groups excluding carboxylic acids is 3. The lowest BCUT2D eigenvalue weighted by Crippen LogP contribution is -2.42. The number of rotatable bonds is 5. The fourth-order valence-corrected chi connectivity index (χ4v) is 3.22. The minimum atomic E-state index is -0.811. The number of nitrogens with one attached hydrogen (secondary N) is 1. The average Bonchev–Trinajstić information content (AvgIpc) is 2.94. The summed E-state index contributed by atoms with van der Waals surface area (Å²) in [4.78, 5) is 37.5. The second kappa shape index (κ2) is 8.35. The minimum Gasteiger partial charge on any atom is -0.463 e. The van der Waals surface area contributed by atoms with Gasteiger partial charge in [0.15, 0.2) is 0 Å². The highest BCUT2D eigenvalue weighted by Crippen LogP contribution is 2.31. The molecule has 0 aromatic heterocycles. The lowest BCUT2D eigenvalue weighted by Gasteiger charge is -2.24. The van der Waals surface area contributed by atoms with Gasteiger partial charge in [0, 0.05) is 5.69 Å². The standard InChI is InChI=1S/C17H17N3O4S/c1-3-24-16(22)8-15-20(14(21)10-25-15)11(2)17(23)19-13-6-4-5-12(7-13)9-18/h4-8,11H,3,10H2,1-2H3,(H,19,23)/b15-8-/t11-/m0/s1. The second-order valence-electron chi connectivity index (χ2n) is 5.14. The molecule has 0 saturated carbocycles. The Morgan fingerprint density at radius 1 is 1.52 bits per heavy atom. The lowest BCUT2D eigenvalue weighted by molar-refractivity contribution is -0.137. The molecule has 1 aliphatic heterocycles. The first-order valence-corrected chi connectivity index (χ1v) is 8.59. The van der Waals surface area contributed by atoms with Gasteiger partial charge in [0.25, 0.3) is 0 Å². The maximum Gasteiger partial charge on any atom is 0.333 e. The van der Waals surface area contributed by atoms with Gasteiger partial charge in [-0.15, -0.1) is 0 Å². The van der Waals surface area contributed by atoms with Gasteiger partial charge in [-0.25, -0.2) is 4.79 Å².